The molecule has 196 valence electrons. The summed E-state index contributed by atoms with van der Waals surface area (Å²) in [7, 11) is -12.5. The van der Waals surface area contributed by atoms with E-state index in [9.17, 15) is 23.5 Å². The maximum absolute atomic E-state index is 12.4. The van der Waals surface area contributed by atoms with E-state index in [1.54, 1.807) is 0 Å². The van der Waals surface area contributed by atoms with Crippen molar-refractivity contribution in [3.05, 3.63) is 25.3 Å². The predicted octanol–water partition coefficient (Wildman–Crippen LogP) is 8.83. The van der Waals surface area contributed by atoms with Crippen LogP contribution in [0, 0.1) is 0 Å². The van der Waals surface area contributed by atoms with E-state index in [1.165, 1.54) is 0 Å². The second-order valence-electron chi connectivity index (χ2n) is 8.76. The monoisotopic (exact) mass is 528 g/mol. The van der Waals surface area contributed by atoms with Gasteiger partial charge in [0, 0.05) is 6.66 Å². The van der Waals surface area contributed by atoms with Gasteiger partial charge in [-0.25, -0.2) is 8.62 Å². The summed E-state index contributed by atoms with van der Waals surface area (Å²) in [5.41, 5.74) is 0. The second kappa shape index (κ2) is 19.2. The molecule has 10 heteroatoms. The molecule has 0 aliphatic carbocycles. The summed E-state index contributed by atoms with van der Waals surface area (Å²) in [6.45, 7) is 8.37. The first kappa shape index (κ1) is 33.0. The van der Waals surface area contributed by atoms with Gasteiger partial charge < -0.3 is 9.79 Å². The van der Waals surface area contributed by atoms with E-state index in [1.807, 2.05) is 12.2 Å². The van der Waals surface area contributed by atoms with Crippen molar-refractivity contribution < 1.29 is 32.1 Å². The van der Waals surface area contributed by atoms with Crippen LogP contribution in [0.4, 0.5) is 0 Å². The highest BCUT2D eigenvalue weighted by Gasteiger charge is 2.36. The highest BCUT2D eigenvalue weighted by atomic mass is 31.3. The normalized spacial score (nSPS) is 17.1. The lowest BCUT2D eigenvalue weighted by Crippen LogP contribution is -1.99. The Morgan fingerprint density at radius 3 is 1.15 bits per heavy atom. The van der Waals surface area contributed by atoms with Gasteiger partial charge in [0.1, 0.15) is 0 Å². The van der Waals surface area contributed by atoms with Gasteiger partial charge in [0.05, 0.1) is 12.3 Å². The molecule has 33 heavy (non-hydrogen) atoms. The Morgan fingerprint density at radius 2 is 0.848 bits per heavy atom. The second-order valence-corrected chi connectivity index (χ2v) is 15.1. The molecule has 0 aromatic rings. The quantitative estimate of drug-likeness (QED) is 0.0731. The third-order valence-electron chi connectivity index (χ3n) is 5.25. The molecule has 0 radical (unpaired) electrons. The Balaban J connectivity index is 4.06. The molecule has 0 saturated heterocycles. The zero-order valence-electron chi connectivity index (χ0n) is 20.6. The molecular weight excluding hydrogens is 481 g/mol. The van der Waals surface area contributed by atoms with Crippen molar-refractivity contribution in [1.29, 1.82) is 0 Å². The smallest absolute Gasteiger partial charge is 0.324 e. The Kier molecular flexibility index (Phi) is 19.2. The average Bonchev–Trinajstić information content (AvgIpc) is 2.69. The molecule has 0 amide bonds. The number of unbranched alkanes of at least 4 members (excludes halogenated alkanes) is 14. The van der Waals surface area contributed by atoms with Crippen LogP contribution in [0.3, 0.4) is 0 Å². The van der Waals surface area contributed by atoms with E-state index in [-0.39, 0.29) is 12.3 Å². The highest BCUT2D eigenvalue weighted by molar-refractivity contribution is 7.71. The fraction of sp³-hybridized carbons (Fsp3) is 0.826. The predicted molar refractivity (Wildman–Crippen MR) is 139 cm³/mol. The molecule has 7 nitrogen and oxygen atoms in total. The molecule has 2 unspecified atom stereocenters. The zero-order chi connectivity index (χ0) is 25.1. The first-order valence-corrected chi connectivity index (χ1v) is 17.9. The molecule has 0 rings (SSSR count). The Hall–Kier alpha value is 0.01000. The van der Waals surface area contributed by atoms with E-state index in [4.69, 9.17) is 8.62 Å². The molecule has 0 aliphatic heterocycles. The van der Waals surface area contributed by atoms with Crippen molar-refractivity contribution in [3.8, 4) is 0 Å². The summed E-state index contributed by atoms with van der Waals surface area (Å²) < 4.78 is 46.6. The molecule has 0 bridgehead atoms. The van der Waals surface area contributed by atoms with Crippen molar-refractivity contribution in [1.82, 2.24) is 0 Å². The van der Waals surface area contributed by atoms with E-state index < -0.39 is 22.8 Å². The molecule has 0 aromatic carbocycles. The number of hydrogen-bond acceptors (Lipinski definition) is 5. The topological polar surface area (TPSA) is 110 Å². The lowest BCUT2D eigenvalue weighted by Gasteiger charge is -2.20. The first-order chi connectivity index (χ1) is 15.5. The van der Waals surface area contributed by atoms with E-state index in [0.717, 1.165) is 96.6 Å². The molecule has 2 atom stereocenters. The van der Waals surface area contributed by atoms with Crippen molar-refractivity contribution in [2.75, 3.05) is 19.0 Å². The number of allylic oxidation sites excluding steroid dienone is 2. The van der Waals surface area contributed by atoms with Crippen molar-refractivity contribution in [2.45, 2.75) is 103 Å². The molecular formula is C23H47O7P3. The minimum Gasteiger partial charge on any atom is -0.324 e. The van der Waals surface area contributed by atoms with Crippen LogP contribution in [-0.2, 0) is 22.3 Å². The summed E-state index contributed by atoms with van der Waals surface area (Å²) in [6, 6.07) is 0. The summed E-state index contributed by atoms with van der Waals surface area (Å²) in [5, 5.41) is 0. The zero-order valence-corrected chi connectivity index (χ0v) is 23.3. The van der Waals surface area contributed by atoms with Crippen molar-refractivity contribution in [2.24, 2.45) is 0 Å². The van der Waals surface area contributed by atoms with Crippen molar-refractivity contribution >= 4 is 22.8 Å². The van der Waals surface area contributed by atoms with Gasteiger partial charge in [0.2, 0.25) is 0 Å². The van der Waals surface area contributed by atoms with Gasteiger partial charge >= 0.3 is 22.8 Å². The third-order valence-corrected chi connectivity index (χ3v) is 11.4. The fourth-order valence-electron chi connectivity index (χ4n) is 3.53. The summed E-state index contributed by atoms with van der Waals surface area (Å²) in [5.74, 6) is 0. The highest BCUT2D eigenvalue weighted by Crippen LogP contribution is 2.67. The molecule has 0 fully saturated rings. The van der Waals surface area contributed by atoms with Gasteiger partial charge in [-0.15, -0.1) is 13.2 Å². The SMILES string of the molecule is C=CCCCCCCCCCP(=O)(O)OP(C)(=O)OP(=O)(O)CCCCCCCCCC=C. The molecule has 0 saturated carbocycles. The van der Waals surface area contributed by atoms with Crippen LogP contribution in [0.25, 0.3) is 0 Å². The number of hydrogen-bond donors (Lipinski definition) is 2. The minimum atomic E-state index is -4.16. The number of rotatable bonds is 24. The lowest BCUT2D eigenvalue weighted by molar-refractivity contribution is 0.317. The van der Waals surface area contributed by atoms with Gasteiger partial charge in [-0.2, -0.15) is 0 Å². The Bertz CT molecular complexity index is 614. The molecule has 0 aromatic heterocycles. The standard InChI is InChI=1S/C23H47O7P3/c1-4-6-8-10-12-14-16-18-20-22-32(25,26)29-31(3,24)30-33(27,28)23-21-19-17-15-13-11-9-7-5-2/h4-5H,1-2,6-23H2,3H3,(H,25,26)(H,27,28). The van der Waals surface area contributed by atoms with E-state index >= 15 is 0 Å². The van der Waals surface area contributed by atoms with Crippen LogP contribution in [-0.4, -0.2) is 28.8 Å². The van der Waals surface area contributed by atoms with Crippen LogP contribution >= 0.6 is 22.8 Å². The van der Waals surface area contributed by atoms with E-state index in [2.05, 4.69) is 13.2 Å². The van der Waals surface area contributed by atoms with Gasteiger partial charge in [0.15, 0.2) is 0 Å². The molecule has 0 heterocycles. The third kappa shape index (κ3) is 22.2. The fourth-order valence-corrected chi connectivity index (χ4v) is 9.52. The van der Waals surface area contributed by atoms with Crippen molar-refractivity contribution in [3.63, 3.8) is 0 Å². The van der Waals surface area contributed by atoms with Gasteiger partial charge in [-0.1, -0.05) is 76.4 Å². The average molecular weight is 529 g/mol. The lowest BCUT2D eigenvalue weighted by atomic mass is 10.1. The minimum absolute atomic E-state index is 0.146. The Labute approximate surface area is 202 Å². The maximum Gasteiger partial charge on any atom is 0.341 e. The summed E-state index contributed by atoms with van der Waals surface area (Å²) >= 11 is 0. The summed E-state index contributed by atoms with van der Waals surface area (Å²) in [6.07, 6.45) is 18.9. The van der Waals surface area contributed by atoms with Crippen LogP contribution in [0.5, 0.6) is 0 Å². The van der Waals surface area contributed by atoms with Crippen LogP contribution in [0.2, 0.25) is 0 Å². The summed E-state index contributed by atoms with van der Waals surface area (Å²) in [4.78, 5) is 20.0. The van der Waals surface area contributed by atoms with Gasteiger partial charge in [0.25, 0.3) is 0 Å². The van der Waals surface area contributed by atoms with Gasteiger partial charge in [-0.05, 0) is 38.5 Å². The Morgan fingerprint density at radius 1 is 0.576 bits per heavy atom. The molecule has 0 spiro atoms. The largest absolute Gasteiger partial charge is 0.341 e. The van der Waals surface area contributed by atoms with Crippen LogP contribution < -0.4 is 0 Å². The first-order valence-electron chi connectivity index (χ1n) is 12.4. The van der Waals surface area contributed by atoms with Crippen LogP contribution in [0.15, 0.2) is 25.3 Å². The van der Waals surface area contributed by atoms with E-state index in [0.29, 0.717) is 12.8 Å². The van der Waals surface area contributed by atoms with Crippen LogP contribution in [0.1, 0.15) is 103 Å². The molecule has 0 aliphatic rings. The van der Waals surface area contributed by atoms with Gasteiger partial charge in [-0.3, -0.25) is 13.7 Å². The molecule has 2 N–H and O–H groups in total. The maximum atomic E-state index is 12.4.